The Hall–Kier alpha value is -1.88. The topological polar surface area (TPSA) is 61.4 Å². The van der Waals surface area contributed by atoms with E-state index in [1.165, 1.54) is 0 Å². The molecular formula is C18H23N3O2. The molecule has 23 heavy (non-hydrogen) atoms. The van der Waals surface area contributed by atoms with E-state index in [1.54, 1.807) is 0 Å². The Morgan fingerprint density at radius 2 is 2.00 bits per heavy atom. The van der Waals surface area contributed by atoms with Crippen LogP contribution in [-0.2, 0) is 16.1 Å². The molecule has 1 aromatic rings. The largest absolute Gasteiger partial charge is 0.324 e. The Morgan fingerprint density at radius 3 is 2.74 bits per heavy atom. The molecule has 5 heteroatoms. The van der Waals surface area contributed by atoms with E-state index in [2.05, 4.69) is 10.6 Å². The monoisotopic (exact) mass is 313 g/mol. The molecule has 0 aromatic heterocycles. The van der Waals surface area contributed by atoms with Gasteiger partial charge in [0.25, 0.3) is 5.91 Å². The third kappa shape index (κ3) is 2.34. The van der Waals surface area contributed by atoms with Crippen LogP contribution in [0.3, 0.4) is 0 Å². The zero-order chi connectivity index (χ0) is 15.9. The minimum Gasteiger partial charge on any atom is -0.324 e. The van der Waals surface area contributed by atoms with Gasteiger partial charge in [0.15, 0.2) is 0 Å². The maximum Gasteiger partial charge on any atom is 0.251 e. The summed E-state index contributed by atoms with van der Waals surface area (Å²) in [5, 5.41) is 6.35. The van der Waals surface area contributed by atoms with E-state index < -0.39 is 5.54 Å². The van der Waals surface area contributed by atoms with Crippen LogP contribution in [0.5, 0.6) is 0 Å². The Morgan fingerprint density at radius 1 is 1.22 bits per heavy atom. The molecule has 0 radical (unpaired) electrons. The van der Waals surface area contributed by atoms with E-state index in [0.29, 0.717) is 19.5 Å². The van der Waals surface area contributed by atoms with Gasteiger partial charge in [-0.3, -0.25) is 9.59 Å². The first-order chi connectivity index (χ1) is 11.2. The molecule has 3 aliphatic rings. The van der Waals surface area contributed by atoms with Crippen molar-refractivity contribution >= 4 is 17.5 Å². The lowest BCUT2D eigenvalue weighted by Gasteiger charge is -2.39. The number of para-hydroxylation sites is 1. The van der Waals surface area contributed by atoms with Gasteiger partial charge in [-0.25, -0.2) is 0 Å². The number of nitrogens with zero attached hydrogens (tertiary/aromatic N) is 1. The summed E-state index contributed by atoms with van der Waals surface area (Å²) in [6.45, 7) is 1.84. The smallest absolute Gasteiger partial charge is 0.251 e. The van der Waals surface area contributed by atoms with Crippen molar-refractivity contribution in [1.82, 2.24) is 10.2 Å². The summed E-state index contributed by atoms with van der Waals surface area (Å²) in [6.07, 6.45) is 4.85. The van der Waals surface area contributed by atoms with Gasteiger partial charge in [0, 0.05) is 24.7 Å². The maximum atomic E-state index is 13.2. The Labute approximate surface area is 136 Å². The highest BCUT2D eigenvalue weighted by Gasteiger charge is 2.51. The lowest BCUT2D eigenvalue weighted by molar-refractivity contribution is -0.148. The summed E-state index contributed by atoms with van der Waals surface area (Å²) < 4.78 is 0. The molecule has 2 amide bonds. The molecule has 2 aliphatic heterocycles. The molecule has 2 heterocycles. The molecule has 1 aliphatic carbocycles. The van der Waals surface area contributed by atoms with Gasteiger partial charge < -0.3 is 15.5 Å². The van der Waals surface area contributed by atoms with E-state index in [4.69, 9.17) is 0 Å². The van der Waals surface area contributed by atoms with Gasteiger partial charge in [0.05, 0.1) is 0 Å². The van der Waals surface area contributed by atoms with Crippen LogP contribution in [0.4, 0.5) is 5.69 Å². The van der Waals surface area contributed by atoms with Gasteiger partial charge >= 0.3 is 0 Å². The SMILES string of the molecule is O=C(C1CCCC1)N1Cc2ccccc2NC(=O)C12CCNC2. The number of carbonyl (C=O) groups is 2. The Balaban J connectivity index is 1.75. The summed E-state index contributed by atoms with van der Waals surface area (Å²) in [6, 6.07) is 7.82. The number of hydrogen-bond acceptors (Lipinski definition) is 3. The van der Waals surface area contributed by atoms with Gasteiger partial charge in [-0.05, 0) is 37.4 Å². The summed E-state index contributed by atoms with van der Waals surface area (Å²) in [4.78, 5) is 28.1. The van der Waals surface area contributed by atoms with Crippen molar-refractivity contribution in [3.8, 4) is 0 Å². The summed E-state index contributed by atoms with van der Waals surface area (Å²) in [5.41, 5.74) is 1.13. The fourth-order valence-corrected chi connectivity index (χ4v) is 4.25. The summed E-state index contributed by atoms with van der Waals surface area (Å²) in [7, 11) is 0. The number of hydrogen-bond donors (Lipinski definition) is 2. The van der Waals surface area contributed by atoms with Crippen LogP contribution in [0.25, 0.3) is 0 Å². The molecule has 1 saturated carbocycles. The third-order valence-electron chi connectivity index (χ3n) is 5.64. The number of benzene rings is 1. The average molecular weight is 313 g/mol. The van der Waals surface area contributed by atoms with Gasteiger partial charge in [0.2, 0.25) is 5.91 Å². The number of amides is 2. The number of anilines is 1. The lowest BCUT2D eigenvalue weighted by Crippen LogP contribution is -2.59. The van der Waals surface area contributed by atoms with Crippen molar-refractivity contribution in [3.05, 3.63) is 29.8 Å². The molecule has 5 nitrogen and oxygen atoms in total. The van der Waals surface area contributed by atoms with Crippen molar-refractivity contribution in [1.29, 1.82) is 0 Å². The number of rotatable bonds is 1. The van der Waals surface area contributed by atoms with Crippen LogP contribution < -0.4 is 10.6 Å². The Bertz CT molecular complexity index is 631. The highest BCUT2D eigenvalue weighted by molar-refractivity contribution is 6.02. The second kappa shape index (κ2) is 5.64. The van der Waals surface area contributed by atoms with E-state index in [0.717, 1.165) is 43.5 Å². The number of fused-ring (bicyclic) bond motifs is 1. The zero-order valence-corrected chi connectivity index (χ0v) is 13.3. The molecule has 1 aromatic carbocycles. The highest BCUT2D eigenvalue weighted by Crippen LogP contribution is 2.36. The third-order valence-corrected chi connectivity index (χ3v) is 5.64. The van der Waals surface area contributed by atoms with Crippen LogP contribution in [0.15, 0.2) is 24.3 Å². The standard InChI is InChI=1S/C18H23N3O2/c22-16(13-5-1-2-6-13)21-11-14-7-3-4-8-15(14)20-17(23)18(21)9-10-19-12-18/h3-4,7-8,13,19H,1-2,5-6,9-12H2,(H,20,23). The Kier molecular flexibility index (Phi) is 3.60. The molecule has 1 unspecified atom stereocenters. The van der Waals surface area contributed by atoms with Gasteiger partial charge in [-0.2, -0.15) is 0 Å². The van der Waals surface area contributed by atoms with Crippen molar-refractivity contribution < 1.29 is 9.59 Å². The van der Waals surface area contributed by atoms with Crippen LogP contribution in [0.1, 0.15) is 37.7 Å². The predicted octanol–water partition coefficient (Wildman–Crippen LogP) is 1.89. The minimum absolute atomic E-state index is 0.0428. The van der Waals surface area contributed by atoms with Crippen LogP contribution in [0, 0.1) is 5.92 Å². The molecule has 1 atom stereocenters. The second-order valence-electron chi connectivity index (χ2n) is 6.98. The second-order valence-corrected chi connectivity index (χ2v) is 6.98. The molecule has 2 N–H and O–H groups in total. The first kappa shape index (κ1) is 14.7. The molecule has 4 rings (SSSR count). The summed E-state index contributed by atoms with van der Waals surface area (Å²) >= 11 is 0. The quantitative estimate of drug-likeness (QED) is 0.832. The van der Waals surface area contributed by atoms with Gasteiger partial charge in [-0.1, -0.05) is 31.0 Å². The minimum atomic E-state index is -0.737. The molecule has 122 valence electrons. The van der Waals surface area contributed by atoms with Gasteiger partial charge in [-0.15, -0.1) is 0 Å². The molecule has 2 fully saturated rings. The van der Waals surface area contributed by atoms with Crippen molar-refractivity contribution in [3.63, 3.8) is 0 Å². The molecule has 1 spiro atoms. The molecule has 1 saturated heterocycles. The first-order valence-corrected chi connectivity index (χ1v) is 8.62. The van der Waals surface area contributed by atoms with E-state index in [-0.39, 0.29) is 17.7 Å². The van der Waals surface area contributed by atoms with E-state index >= 15 is 0 Å². The van der Waals surface area contributed by atoms with Crippen molar-refractivity contribution in [2.24, 2.45) is 5.92 Å². The number of nitrogens with one attached hydrogen (secondary N) is 2. The predicted molar refractivity (Wildman–Crippen MR) is 87.8 cm³/mol. The lowest BCUT2D eigenvalue weighted by atomic mass is 9.92. The average Bonchev–Trinajstić information content (AvgIpc) is 3.23. The van der Waals surface area contributed by atoms with Crippen molar-refractivity contribution in [2.45, 2.75) is 44.2 Å². The summed E-state index contributed by atoms with van der Waals surface area (Å²) in [5.74, 6) is 0.211. The molecule has 0 bridgehead atoms. The van der Waals surface area contributed by atoms with Crippen LogP contribution in [-0.4, -0.2) is 35.3 Å². The van der Waals surface area contributed by atoms with E-state index in [1.807, 2.05) is 29.2 Å². The van der Waals surface area contributed by atoms with Gasteiger partial charge in [0.1, 0.15) is 5.54 Å². The first-order valence-electron chi connectivity index (χ1n) is 8.62. The maximum absolute atomic E-state index is 13.2. The fourth-order valence-electron chi connectivity index (χ4n) is 4.25. The highest BCUT2D eigenvalue weighted by atomic mass is 16.2. The molecular weight excluding hydrogens is 290 g/mol. The normalized spacial score (nSPS) is 27.8. The zero-order valence-electron chi connectivity index (χ0n) is 13.3. The van der Waals surface area contributed by atoms with Crippen LogP contribution >= 0.6 is 0 Å². The van der Waals surface area contributed by atoms with Crippen molar-refractivity contribution in [2.75, 3.05) is 18.4 Å². The number of carbonyl (C=O) groups excluding carboxylic acids is 2. The van der Waals surface area contributed by atoms with E-state index in [9.17, 15) is 9.59 Å². The fraction of sp³-hybridized carbons (Fsp3) is 0.556. The van der Waals surface area contributed by atoms with Crippen LogP contribution in [0.2, 0.25) is 0 Å².